The number of aromatic carboxylic acids is 1. The number of allylic oxidation sites excluding steroid dienone is 1. The van der Waals surface area contributed by atoms with E-state index in [1.165, 1.54) is 18.2 Å². The molecule has 0 radical (unpaired) electrons. The minimum Gasteiger partial charge on any atom is -0.478 e. The fourth-order valence-corrected chi connectivity index (χ4v) is 4.46. The molecule has 7 nitrogen and oxygen atoms in total. The van der Waals surface area contributed by atoms with Crippen LogP contribution in [0, 0.1) is 6.92 Å². The van der Waals surface area contributed by atoms with E-state index in [9.17, 15) is 14.7 Å². The number of carbonyl (C=O) groups is 1. The van der Waals surface area contributed by atoms with Gasteiger partial charge in [-0.2, -0.15) is 5.10 Å². The summed E-state index contributed by atoms with van der Waals surface area (Å²) in [6, 6.07) is 11.6. The van der Waals surface area contributed by atoms with Gasteiger partial charge >= 0.3 is 5.97 Å². The van der Waals surface area contributed by atoms with Crippen molar-refractivity contribution in [1.29, 1.82) is 0 Å². The molecule has 160 valence electrons. The lowest BCUT2D eigenvalue weighted by Gasteiger charge is -2.07. The number of carboxylic acids is 1. The number of hydrogen-bond donors (Lipinski definition) is 1. The Morgan fingerprint density at radius 3 is 2.72 bits per heavy atom. The zero-order valence-electron chi connectivity index (χ0n) is 16.8. The Hall–Kier alpha value is -3.42. The number of para-hydroxylation sites is 1. The Morgan fingerprint density at radius 1 is 1.19 bits per heavy atom. The van der Waals surface area contributed by atoms with E-state index in [2.05, 4.69) is 10.1 Å². The summed E-state index contributed by atoms with van der Waals surface area (Å²) in [5.74, 6) is -0.564. The topological polar surface area (TPSA) is 90.0 Å². The summed E-state index contributed by atoms with van der Waals surface area (Å²) in [5, 5.41) is 15.1. The second-order valence-electron chi connectivity index (χ2n) is 7.50. The Balaban J connectivity index is 1.65. The van der Waals surface area contributed by atoms with Crippen LogP contribution >= 0.6 is 23.2 Å². The first-order valence-electron chi connectivity index (χ1n) is 9.84. The van der Waals surface area contributed by atoms with Crippen LogP contribution in [0.4, 0.5) is 0 Å². The van der Waals surface area contributed by atoms with Gasteiger partial charge in [-0.25, -0.2) is 14.5 Å². The van der Waals surface area contributed by atoms with Crippen LogP contribution in [-0.4, -0.2) is 30.4 Å². The Bertz CT molecular complexity index is 1520. The Labute approximate surface area is 192 Å². The fourth-order valence-electron chi connectivity index (χ4n) is 3.92. The highest BCUT2D eigenvalue weighted by Crippen LogP contribution is 2.33. The first kappa shape index (κ1) is 20.5. The molecule has 0 atom stereocenters. The zero-order valence-corrected chi connectivity index (χ0v) is 18.4. The van der Waals surface area contributed by atoms with Crippen molar-refractivity contribution in [2.24, 2.45) is 0 Å². The summed E-state index contributed by atoms with van der Waals surface area (Å²) in [7, 11) is 0. The minimum atomic E-state index is -1.07. The molecule has 0 spiro atoms. The molecule has 1 aliphatic heterocycles. The van der Waals surface area contributed by atoms with Gasteiger partial charge in [0.25, 0.3) is 5.56 Å². The summed E-state index contributed by atoms with van der Waals surface area (Å²) in [4.78, 5) is 28.9. The molecule has 5 rings (SSSR count). The standard InChI is InChI=1S/C23H16Cl2N4O3/c1-12-16(20(25)29(27-12)19-5-3-2-4-17(19)24)10-13-8-9-28-21(13)26-18-11-14(23(31)32)6-7-15(18)22(28)30/h2-7,10-11H,8-9H2,1H3,(H,31,32). The summed E-state index contributed by atoms with van der Waals surface area (Å²) in [6.45, 7) is 2.33. The van der Waals surface area contributed by atoms with E-state index in [0.29, 0.717) is 56.8 Å². The van der Waals surface area contributed by atoms with Gasteiger partial charge < -0.3 is 5.11 Å². The SMILES string of the molecule is Cc1nn(-c2ccccc2Cl)c(Cl)c1C=C1CCn2c1nc1cc(C(=O)O)ccc1c2=O. The van der Waals surface area contributed by atoms with Crippen molar-refractivity contribution >= 4 is 51.7 Å². The van der Waals surface area contributed by atoms with Crippen LogP contribution in [0.2, 0.25) is 10.2 Å². The number of hydrogen-bond acceptors (Lipinski definition) is 4. The maximum Gasteiger partial charge on any atom is 0.335 e. The molecule has 1 N–H and O–H groups in total. The van der Waals surface area contributed by atoms with Crippen LogP contribution in [0.1, 0.15) is 33.9 Å². The molecule has 3 heterocycles. The molecule has 9 heteroatoms. The average molecular weight is 467 g/mol. The average Bonchev–Trinajstić information content (AvgIpc) is 3.30. The number of aryl methyl sites for hydroxylation is 1. The van der Waals surface area contributed by atoms with Gasteiger partial charge in [-0.15, -0.1) is 0 Å². The van der Waals surface area contributed by atoms with Gasteiger partial charge in [0.2, 0.25) is 0 Å². The first-order valence-corrected chi connectivity index (χ1v) is 10.6. The number of benzene rings is 2. The third-order valence-corrected chi connectivity index (χ3v) is 6.22. The molecule has 1 aliphatic rings. The van der Waals surface area contributed by atoms with E-state index < -0.39 is 5.97 Å². The van der Waals surface area contributed by atoms with Gasteiger partial charge in [0.15, 0.2) is 0 Å². The quantitative estimate of drug-likeness (QED) is 0.466. The summed E-state index contributed by atoms with van der Waals surface area (Å²) in [6.07, 6.45) is 2.48. The number of fused-ring (bicyclic) bond motifs is 2. The molecule has 2 aromatic carbocycles. The van der Waals surface area contributed by atoms with Gasteiger partial charge in [-0.3, -0.25) is 9.36 Å². The Kier molecular flexibility index (Phi) is 4.87. The highest BCUT2D eigenvalue weighted by Gasteiger charge is 2.23. The minimum absolute atomic E-state index is 0.0813. The number of carboxylic acid groups (broad SMARTS) is 1. The highest BCUT2D eigenvalue weighted by molar-refractivity contribution is 6.33. The van der Waals surface area contributed by atoms with Gasteiger partial charge in [0.05, 0.1) is 32.9 Å². The zero-order chi connectivity index (χ0) is 22.6. The van der Waals surface area contributed by atoms with Gasteiger partial charge in [0, 0.05) is 12.1 Å². The highest BCUT2D eigenvalue weighted by atomic mass is 35.5. The van der Waals surface area contributed by atoms with Crippen molar-refractivity contribution in [3.63, 3.8) is 0 Å². The fraction of sp³-hybridized carbons (Fsp3) is 0.130. The van der Waals surface area contributed by atoms with Crippen molar-refractivity contribution in [3.05, 3.63) is 85.6 Å². The molecule has 0 aliphatic carbocycles. The van der Waals surface area contributed by atoms with E-state index in [1.54, 1.807) is 15.3 Å². The largest absolute Gasteiger partial charge is 0.478 e. The lowest BCUT2D eigenvalue weighted by Crippen LogP contribution is -2.21. The van der Waals surface area contributed by atoms with Gasteiger partial charge in [0.1, 0.15) is 11.0 Å². The molecule has 2 aromatic heterocycles. The predicted molar refractivity (Wildman–Crippen MR) is 124 cm³/mol. The second-order valence-corrected chi connectivity index (χ2v) is 8.27. The normalized spacial score (nSPS) is 14.3. The molecular formula is C23H16Cl2N4O3. The predicted octanol–water partition coefficient (Wildman–Crippen LogP) is 4.84. The third kappa shape index (κ3) is 3.21. The lowest BCUT2D eigenvalue weighted by molar-refractivity contribution is 0.0697. The number of halogens is 2. The molecule has 0 saturated heterocycles. The van der Waals surface area contributed by atoms with Gasteiger partial charge in [-0.05, 0) is 55.3 Å². The molecule has 32 heavy (non-hydrogen) atoms. The lowest BCUT2D eigenvalue weighted by atomic mass is 10.1. The van der Waals surface area contributed by atoms with E-state index in [-0.39, 0.29) is 11.1 Å². The number of aromatic nitrogens is 4. The van der Waals surface area contributed by atoms with Crippen LogP contribution < -0.4 is 5.56 Å². The van der Waals surface area contributed by atoms with Crippen LogP contribution in [0.15, 0.2) is 47.3 Å². The summed E-state index contributed by atoms with van der Waals surface area (Å²) < 4.78 is 3.19. The molecule has 0 saturated carbocycles. The maximum absolute atomic E-state index is 13.0. The number of nitrogens with zero attached hydrogens (tertiary/aromatic N) is 4. The van der Waals surface area contributed by atoms with Crippen molar-refractivity contribution in [2.75, 3.05) is 0 Å². The summed E-state index contributed by atoms with van der Waals surface area (Å²) in [5.41, 5.74) is 3.15. The van der Waals surface area contributed by atoms with Crippen LogP contribution in [0.25, 0.3) is 28.2 Å². The Morgan fingerprint density at radius 2 is 1.97 bits per heavy atom. The van der Waals surface area contributed by atoms with Crippen molar-refractivity contribution < 1.29 is 9.90 Å². The van der Waals surface area contributed by atoms with Crippen LogP contribution in [0.3, 0.4) is 0 Å². The second kappa shape index (κ2) is 7.62. The monoisotopic (exact) mass is 466 g/mol. The first-order chi connectivity index (χ1) is 15.3. The molecule has 4 aromatic rings. The number of rotatable bonds is 3. The maximum atomic E-state index is 13.0. The van der Waals surface area contributed by atoms with Crippen LogP contribution in [-0.2, 0) is 6.54 Å². The van der Waals surface area contributed by atoms with E-state index >= 15 is 0 Å². The van der Waals surface area contributed by atoms with Crippen molar-refractivity contribution in [3.8, 4) is 5.69 Å². The molecule has 0 fully saturated rings. The van der Waals surface area contributed by atoms with E-state index in [0.717, 1.165) is 5.57 Å². The summed E-state index contributed by atoms with van der Waals surface area (Å²) >= 11 is 13.0. The molecule has 0 amide bonds. The molecule has 0 bridgehead atoms. The van der Waals surface area contributed by atoms with E-state index in [1.807, 2.05) is 31.2 Å². The smallest absolute Gasteiger partial charge is 0.335 e. The molecular weight excluding hydrogens is 451 g/mol. The van der Waals surface area contributed by atoms with Crippen molar-refractivity contribution in [2.45, 2.75) is 19.9 Å². The third-order valence-electron chi connectivity index (χ3n) is 5.54. The van der Waals surface area contributed by atoms with Crippen molar-refractivity contribution in [1.82, 2.24) is 19.3 Å². The molecule has 0 unspecified atom stereocenters. The van der Waals surface area contributed by atoms with E-state index in [4.69, 9.17) is 23.2 Å². The van der Waals surface area contributed by atoms with Gasteiger partial charge in [-0.1, -0.05) is 35.3 Å². The van der Waals surface area contributed by atoms with Crippen LogP contribution in [0.5, 0.6) is 0 Å².